The van der Waals surface area contributed by atoms with Crippen molar-refractivity contribution in [3.63, 3.8) is 0 Å². The van der Waals surface area contributed by atoms with Gasteiger partial charge in [0, 0.05) is 22.5 Å². The molecule has 0 atom stereocenters. The largest absolute Gasteiger partial charge is 0.352 e. The van der Waals surface area contributed by atoms with Crippen LogP contribution in [0.4, 0.5) is 0 Å². The van der Waals surface area contributed by atoms with Crippen molar-refractivity contribution >= 4 is 23.3 Å². The Hall–Kier alpha value is -1.39. The highest BCUT2D eigenvalue weighted by Crippen LogP contribution is 2.23. The minimum Gasteiger partial charge on any atom is -0.352 e. The molecule has 3 rings (SSSR count). The van der Waals surface area contributed by atoms with E-state index in [2.05, 4.69) is 10.2 Å². The van der Waals surface area contributed by atoms with E-state index < -0.39 is 0 Å². The van der Waals surface area contributed by atoms with Crippen LogP contribution < -0.4 is 5.32 Å². The van der Waals surface area contributed by atoms with Gasteiger partial charge in [0.25, 0.3) is 0 Å². The van der Waals surface area contributed by atoms with E-state index in [9.17, 15) is 9.59 Å². The van der Waals surface area contributed by atoms with Gasteiger partial charge in [0.05, 0.1) is 6.54 Å². The molecule has 1 saturated heterocycles. The summed E-state index contributed by atoms with van der Waals surface area (Å²) in [6, 6.07) is 7.49. The number of Topliss-reactive ketones (excluding diaryl/α,β-unsaturated/α-hetero) is 1. The molecule has 1 saturated carbocycles. The van der Waals surface area contributed by atoms with Gasteiger partial charge in [-0.2, -0.15) is 0 Å². The smallest absolute Gasteiger partial charge is 0.234 e. The fourth-order valence-corrected chi connectivity index (χ4v) is 4.05. The number of amides is 1. The van der Waals surface area contributed by atoms with Crippen molar-refractivity contribution in [2.45, 2.75) is 51.0 Å². The number of carbonyl (C=O) groups is 2. The number of ketones is 1. The Balaban J connectivity index is 1.42. The molecule has 0 aromatic heterocycles. The van der Waals surface area contributed by atoms with Crippen LogP contribution in [0.3, 0.4) is 0 Å². The lowest BCUT2D eigenvalue weighted by molar-refractivity contribution is -0.123. The van der Waals surface area contributed by atoms with E-state index in [-0.39, 0.29) is 17.6 Å². The molecule has 0 bridgehead atoms. The molecule has 5 heteroatoms. The molecule has 25 heavy (non-hydrogen) atoms. The van der Waals surface area contributed by atoms with Gasteiger partial charge in [-0.05, 0) is 63.0 Å². The van der Waals surface area contributed by atoms with Gasteiger partial charge in [0.2, 0.25) is 5.91 Å². The second-order valence-corrected chi connectivity index (χ2v) is 7.76. The second kappa shape index (κ2) is 8.81. The maximum Gasteiger partial charge on any atom is 0.234 e. The van der Waals surface area contributed by atoms with Gasteiger partial charge in [-0.25, -0.2) is 0 Å². The first-order valence-electron chi connectivity index (χ1n) is 9.43. The standard InChI is InChI=1S/C20H27ClN2O2/c21-17-8-6-15(7-9-17)20(25)16-10-12-23(13-11-16)14-19(24)22-18-4-2-1-3-5-18/h6-9,16,18H,1-5,10-14H2,(H,22,24). The predicted octanol–water partition coefficient (Wildman–Crippen LogP) is 3.68. The van der Waals surface area contributed by atoms with Crippen LogP contribution in [0.2, 0.25) is 5.02 Å². The summed E-state index contributed by atoms with van der Waals surface area (Å²) in [6.45, 7) is 2.07. The number of nitrogens with one attached hydrogen (secondary N) is 1. The van der Waals surface area contributed by atoms with Gasteiger partial charge in [0.1, 0.15) is 0 Å². The van der Waals surface area contributed by atoms with Gasteiger partial charge >= 0.3 is 0 Å². The lowest BCUT2D eigenvalue weighted by Crippen LogP contribution is -2.45. The molecule has 2 fully saturated rings. The van der Waals surface area contributed by atoms with Crippen LogP contribution in [0.1, 0.15) is 55.3 Å². The van der Waals surface area contributed by atoms with Gasteiger partial charge in [0.15, 0.2) is 5.78 Å². The third kappa shape index (κ3) is 5.29. The van der Waals surface area contributed by atoms with Crippen molar-refractivity contribution in [2.75, 3.05) is 19.6 Å². The molecule has 1 heterocycles. The van der Waals surface area contributed by atoms with Crippen molar-refractivity contribution in [3.05, 3.63) is 34.9 Å². The maximum atomic E-state index is 12.6. The Morgan fingerprint density at radius 1 is 1.00 bits per heavy atom. The number of hydrogen-bond donors (Lipinski definition) is 1. The predicted molar refractivity (Wildman–Crippen MR) is 100.0 cm³/mol. The van der Waals surface area contributed by atoms with Crippen LogP contribution in [-0.4, -0.2) is 42.3 Å². The van der Waals surface area contributed by atoms with Crippen molar-refractivity contribution in [3.8, 4) is 0 Å². The van der Waals surface area contributed by atoms with Crippen LogP contribution in [-0.2, 0) is 4.79 Å². The summed E-state index contributed by atoms with van der Waals surface area (Å²) in [5, 5.41) is 3.82. The molecule has 1 aromatic rings. The summed E-state index contributed by atoms with van der Waals surface area (Å²) in [5.41, 5.74) is 0.734. The highest BCUT2D eigenvalue weighted by Gasteiger charge is 2.27. The third-order valence-corrected chi connectivity index (χ3v) is 5.68. The lowest BCUT2D eigenvalue weighted by Gasteiger charge is -2.31. The maximum absolute atomic E-state index is 12.6. The molecule has 4 nitrogen and oxygen atoms in total. The van der Waals surface area contributed by atoms with Gasteiger partial charge < -0.3 is 5.32 Å². The zero-order valence-corrected chi connectivity index (χ0v) is 15.4. The van der Waals surface area contributed by atoms with Crippen molar-refractivity contribution < 1.29 is 9.59 Å². The van der Waals surface area contributed by atoms with Crippen molar-refractivity contribution in [1.82, 2.24) is 10.2 Å². The molecule has 1 aliphatic heterocycles. The Labute approximate surface area is 154 Å². The summed E-state index contributed by atoms with van der Waals surface area (Å²) in [7, 11) is 0. The highest BCUT2D eigenvalue weighted by molar-refractivity contribution is 6.30. The van der Waals surface area contributed by atoms with Crippen LogP contribution in [0.25, 0.3) is 0 Å². The molecule has 1 amide bonds. The molecular weight excluding hydrogens is 336 g/mol. The average Bonchev–Trinajstić information content (AvgIpc) is 2.63. The number of halogens is 1. The van der Waals surface area contributed by atoms with Crippen LogP contribution in [0.5, 0.6) is 0 Å². The Morgan fingerprint density at radius 2 is 1.64 bits per heavy atom. The van der Waals surface area contributed by atoms with Crippen LogP contribution >= 0.6 is 11.6 Å². The van der Waals surface area contributed by atoms with E-state index in [4.69, 9.17) is 11.6 Å². The van der Waals surface area contributed by atoms with E-state index in [0.717, 1.165) is 44.3 Å². The van der Waals surface area contributed by atoms with Crippen molar-refractivity contribution in [2.24, 2.45) is 5.92 Å². The minimum atomic E-state index is 0.0545. The molecule has 1 aromatic carbocycles. The Bertz CT molecular complexity index is 588. The molecule has 0 radical (unpaired) electrons. The summed E-state index contributed by atoms with van der Waals surface area (Å²) >= 11 is 5.88. The van der Waals surface area contributed by atoms with Crippen LogP contribution in [0, 0.1) is 5.92 Å². The van der Waals surface area contributed by atoms with Crippen molar-refractivity contribution in [1.29, 1.82) is 0 Å². The van der Waals surface area contributed by atoms with Gasteiger partial charge in [-0.1, -0.05) is 30.9 Å². The Morgan fingerprint density at radius 3 is 2.28 bits per heavy atom. The van der Waals surface area contributed by atoms with E-state index >= 15 is 0 Å². The first-order chi connectivity index (χ1) is 12.1. The monoisotopic (exact) mass is 362 g/mol. The average molecular weight is 363 g/mol. The van der Waals surface area contributed by atoms with E-state index in [1.165, 1.54) is 19.3 Å². The molecule has 1 aliphatic carbocycles. The third-order valence-electron chi connectivity index (χ3n) is 5.42. The number of rotatable bonds is 5. The highest BCUT2D eigenvalue weighted by atomic mass is 35.5. The normalized spacial score (nSPS) is 20.4. The number of likely N-dealkylation sites (tertiary alicyclic amines) is 1. The Kier molecular flexibility index (Phi) is 6.49. The first-order valence-corrected chi connectivity index (χ1v) is 9.81. The first kappa shape index (κ1) is 18.4. The number of piperidine rings is 1. The molecule has 136 valence electrons. The summed E-state index contributed by atoms with van der Waals surface area (Å²) in [6.07, 6.45) is 7.61. The molecule has 0 unspecified atom stereocenters. The summed E-state index contributed by atoms with van der Waals surface area (Å²) in [4.78, 5) is 26.9. The molecule has 1 N–H and O–H groups in total. The minimum absolute atomic E-state index is 0.0545. The van der Waals surface area contributed by atoms with Gasteiger partial charge in [-0.3, -0.25) is 14.5 Å². The van der Waals surface area contributed by atoms with Crippen LogP contribution in [0.15, 0.2) is 24.3 Å². The molecule has 0 spiro atoms. The topological polar surface area (TPSA) is 49.4 Å². The number of carbonyl (C=O) groups excluding carboxylic acids is 2. The SMILES string of the molecule is O=C(CN1CCC(C(=O)c2ccc(Cl)cc2)CC1)NC1CCCCC1. The number of hydrogen-bond acceptors (Lipinski definition) is 3. The van der Waals surface area contributed by atoms with Gasteiger partial charge in [-0.15, -0.1) is 0 Å². The molecular formula is C20H27ClN2O2. The quantitative estimate of drug-likeness (QED) is 0.813. The van der Waals surface area contributed by atoms with E-state index in [1.807, 2.05) is 0 Å². The molecule has 2 aliphatic rings. The zero-order chi connectivity index (χ0) is 17.6. The van der Waals surface area contributed by atoms with E-state index in [1.54, 1.807) is 24.3 Å². The fraction of sp³-hybridized carbons (Fsp3) is 0.600. The summed E-state index contributed by atoms with van der Waals surface area (Å²) in [5.74, 6) is 0.385. The number of benzene rings is 1. The van der Waals surface area contributed by atoms with E-state index in [0.29, 0.717) is 17.6 Å². The zero-order valence-electron chi connectivity index (χ0n) is 14.7. The second-order valence-electron chi connectivity index (χ2n) is 7.32. The summed E-state index contributed by atoms with van der Waals surface area (Å²) < 4.78 is 0. The number of nitrogens with zero attached hydrogens (tertiary/aromatic N) is 1. The lowest BCUT2D eigenvalue weighted by atomic mass is 9.89. The fourth-order valence-electron chi connectivity index (χ4n) is 3.93.